The average molecular weight is 467 g/mol. The minimum Gasteiger partial charge on any atom is -0.393 e. The zero-order valence-electron chi connectivity index (χ0n) is 19.5. The van der Waals surface area contributed by atoms with Gasteiger partial charge in [0.2, 0.25) is 5.91 Å². The molecule has 0 fully saturated rings. The van der Waals surface area contributed by atoms with Gasteiger partial charge in [0.15, 0.2) is 5.67 Å². The molecule has 181 valence electrons. The van der Waals surface area contributed by atoms with Crippen LogP contribution in [0.3, 0.4) is 0 Å². The Balaban J connectivity index is 1.57. The van der Waals surface area contributed by atoms with Crippen LogP contribution >= 0.6 is 0 Å². The molecule has 1 radical (unpaired) electrons. The van der Waals surface area contributed by atoms with E-state index in [4.69, 9.17) is 5.73 Å². The van der Waals surface area contributed by atoms with Gasteiger partial charge in [0.1, 0.15) is 0 Å². The standard InChI is InChI=1S/C27H33FN3O3/c1-27(28,26(29)34)15-13-20(17-22(32)12-11-19-7-3-2-4-8-19)25(33)30-16-14-21-18-31-24-10-6-5-9-23(21)24/h2-10,12,18,20,22,31-32H,11,13-17H2,1H3,(H2,29,34)(H,30,33)/t20-,22+,27?/m1/s1. The highest BCUT2D eigenvalue weighted by atomic mass is 19.1. The molecule has 2 amide bonds. The molecule has 0 bridgehead atoms. The highest BCUT2D eigenvalue weighted by molar-refractivity contribution is 5.84. The number of aliphatic hydroxyl groups is 1. The number of hydrogen-bond acceptors (Lipinski definition) is 3. The number of halogens is 1. The number of rotatable bonds is 13. The first-order valence-corrected chi connectivity index (χ1v) is 11.6. The van der Waals surface area contributed by atoms with E-state index in [2.05, 4.69) is 10.3 Å². The molecule has 1 unspecified atom stereocenters. The summed E-state index contributed by atoms with van der Waals surface area (Å²) in [5, 5.41) is 14.6. The molecule has 0 aliphatic rings. The van der Waals surface area contributed by atoms with Gasteiger partial charge in [-0.1, -0.05) is 48.5 Å². The van der Waals surface area contributed by atoms with Crippen LogP contribution in [-0.4, -0.2) is 40.2 Å². The van der Waals surface area contributed by atoms with Crippen LogP contribution in [0.5, 0.6) is 0 Å². The van der Waals surface area contributed by atoms with Gasteiger partial charge in [-0.15, -0.1) is 0 Å². The third kappa shape index (κ3) is 7.15. The van der Waals surface area contributed by atoms with Gasteiger partial charge in [-0.25, -0.2) is 4.39 Å². The van der Waals surface area contributed by atoms with Gasteiger partial charge < -0.3 is 21.1 Å². The van der Waals surface area contributed by atoms with Gasteiger partial charge in [-0.05, 0) is 62.6 Å². The summed E-state index contributed by atoms with van der Waals surface area (Å²) in [5.41, 5.74) is 6.12. The van der Waals surface area contributed by atoms with Crippen molar-refractivity contribution in [2.45, 2.75) is 50.8 Å². The van der Waals surface area contributed by atoms with E-state index in [0.717, 1.165) is 29.0 Å². The molecule has 0 saturated heterocycles. The van der Waals surface area contributed by atoms with E-state index in [-0.39, 0.29) is 25.2 Å². The molecule has 0 saturated carbocycles. The topological polar surface area (TPSA) is 108 Å². The van der Waals surface area contributed by atoms with Gasteiger partial charge in [-0.3, -0.25) is 9.59 Å². The van der Waals surface area contributed by atoms with Gasteiger partial charge in [0, 0.05) is 29.6 Å². The van der Waals surface area contributed by atoms with Crippen LogP contribution in [0.2, 0.25) is 0 Å². The van der Waals surface area contributed by atoms with Crippen LogP contribution < -0.4 is 11.1 Å². The molecule has 2 aromatic carbocycles. The largest absolute Gasteiger partial charge is 0.393 e. The summed E-state index contributed by atoms with van der Waals surface area (Å²) >= 11 is 0. The molecule has 1 aromatic heterocycles. The molecular weight excluding hydrogens is 433 g/mol. The van der Waals surface area contributed by atoms with Crippen molar-refractivity contribution in [2.75, 3.05) is 6.54 Å². The van der Waals surface area contributed by atoms with E-state index >= 15 is 0 Å². The summed E-state index contributed by atoms with van der Waals surface area (Å²) in [5.74, 6) is -1.98. The second-order valence-electron chi connectivity index (χ2n) is 8.93. The second-order valence-corrected chi connectivity index (χ2v) is 8.93. The monoisotopic (exact) mass is 466 g/mol. The fourth-order valence-electron chi connectivity index (χ4n) is 4.00. The Morgan fingerprint density at radius 3 is 2.62 bits per heavy atom. The molecule has 7 heteroatoms. The Morgan fingerprint density at radius 2 is 1.88 bits per heavy atom. The van der Waals surface area contributed by atoms with Crippen molar-refractivity contribution in [3.8, 4) is 0 Å². The average Bonchev–Trinajstić information content (AvgIpc) is 3.24. The Hall–Kier alpha value is -3.19. The predicted molar refractivity (Wildman–Crippen MR) is 132 cm³/mol. The molecule has 3 rings (SSSR count). The van der Waals surface area contributed by atoms with E-state index in [9.17, 15) is 19.1 Å². The summed E-state index contributed by atoms with van der Waals surface area (Å²) in [4.78, 5) is 27.5. The van der Waals surface area contributed by atoms with Crippen LogP contribution in [0.15, 0.2) is 60.8 Å². The molecule has 1 heterocycles. The molecule has 0 aliphatic carbocycles. The van der Waals surface area contributed by atoms with E-state index in [1.54, 1.807) is 6.42 Å². The Morgan fingerprint density at radius 1 is 1.18 bits per heavy atom. The van der Waals surface area contributed by atoms with Crippen LogP contribution in [-0.2, 0) is 22.4 Å². The smallest absolute Gasteiger partial charge is 0.254 e. The number of alkyl halides is 1. The Bertz CT molecular complexity index is 1080. The fraction of sp³-hybridized carbons (Fsp3) is 0.370. The third-order valence-electron chi connectivity index (χ3n) is 6.21. The SMILES string of the molecule is CC(F)(CC[C@H](C[C@@H](O)[CH]Cc1ccccc1)C(=O)NCCc1c[nH]c2ccccc12)C(N)=O. The lowest BCUT2D eigenvalue weighted by atomic mass is 9.88. The number of amides is 2. The van der Waals surface area contributed by atoms with Crippen molar-refractivity contribution in [1.82, 2.24) is 10.3 Å². The number of nitrogens with two attached hydrogens (primary N) is 1. The van der Waals surface area contributed by atoms with Crippen molar-refractivity contribution in [2.24, 2.45) is 11.7 Å². The molecule has 3 aromatic rings. The fourth-order valence-corrected chi connectivity index (χ4v) is 4.00. The number of para-hydroxylation sites is 1. The lowest BCUT2D eigenvalue weighted by molar-refractivity contribution is -0.131. The zero-order chi connectivity index (χ0) is 24.6. The number of hydrogen-bond donors (Lipinski definition) is 4. The van der Waals surface area contributed by atoms with Crippen molar-refractivity contribution >= 4 is 22.7 Å². The number of primary amides is 1. The number of fused-ring (bicyclic) bond motifs is 1. The molecule has 0 spiro atoms. The predicted octanol–water partition coefficient (Wildman–Crippen LogP) is 3.63. The Labute approximate surface area is 199 Å². The Kier molecular flexibility index (Phi) is 8.82. The maximum atomic E-state index is 14.4. The first kappa shape index (κ1) is 25.4. The second kappa shape index (κ2) is 11.8. The first-order chi connectivity index (χ1) is 16.3. The van der Waals surface area contributed by atoms with Crippen molar-refractivity contribution in [3.63, 3.8) is 0 Å². The van der Waals surface area contributed by atoms with E-state index in [0.29, 0.717) is 19.4 Å². The number of nitrogens with one attached hydrogen (secondary N) is 2. The summed E-state index contributed by atoms with van der Waals surface area (Å²) in [6, 6.07) is 17.6. The van der Waals surface area contributed by atoms with E-state index in [1.807, 2.05) is 60.8 Å². The maximum absolute atomic E-state index is 14.4. The molecule has 34 heavy (non-hydrogen) atoms. The number of aliphatic hydroxyl groups excluding tert-OH is 1. The lowest BCUT2D eigenvalue weighted by Crippen LogP contribution is -2.39. The number of aromatic nitrogens is 1. The van der Waals surface area contributed by atoms with Crippen LogP contribution in [0.4, 0.5) is 4.39 Å². The molecular formula is C27H33FN3O3. The first-order valence-electron chi connectivity index (χ1n) is 11.6. The van der Waals surface area contributed by atoms with Crippen molar-refractivity contribution < 1.29 is 19.1 Å². The third-order valence-corrected chi connectivity index (χ3v) is 6.21. The lowest BCUT2D eigenvalue weighted by Gasteiger charge is -2.23. The van der Waals surface area contributed by atoms with Crippen LogP contribution in [0.25, 0.3) is 10.9 Å². The molecule has 6 nitrogen and oxygen atoms in total. The molecule has 3 atom stereocenters. The minimum atomic E-state index is -2.21. The number of aromatic amines is 1. The zero-order valence-corrected chi connectivity index (χ0v) is 19.5. The number of benzene rings is 2. The molecule has 0 aliphatic heterocycles. The number of carbonyl (C=O) groups is 2. The van der Waals surface area contributed by atoms with E-state index in [1.165, 1.54) is 0 Å². The summed E-state index contributed by atoms with van der Waals surface area (Å²) in [6.45, 7) is 1.53. The van der Waals surface area contributed by atoms with Gasteiger partial charge >= 0.3 is 0 Å². The summed E-state index contributed by atoms with van der Waals surface area (Å²) in [7, 11) is 0. The van der Waals surface area contributed by atoms with Crippen LogP contribution in [0.1, 0.15) is 37.3 Å². The van der Waals surface area contributed by atoms with Crippen LogP contribution in [0, 0.1) is 12.3 Å². The quantitative estimate of drug-likeness (QED) is 0.309. The van der Waals surface area contributed by atoms with Crippen molar-refractivity contribution in [3.05, 3.63) is 78.3 Å². The normalized spacial score (nSPS) is 14.9. The number of carbonyl (C=O) groups excluding carboxylic acids is 2. The van der Waals surface area contributed by atoms with Gasteiger partial charge in [0.25, 0.3) is 5.91 Å². The number of H-pyrrole nitrogens is 1. The highest BCUT2D eigenvalue weighted by Crippen LogP contribution is 2.24. The summed E-state index contributed by atoms with van der Waals surface area (Å²) < 4.78 is 14.4. The summed E-state index contributed by atoms with van der Waals surface area (Å²) in [6.07, 6.45) is 4.07. The molecule has 5 N–H and O–H groups in total. The minimum absolute atomic E-state index is 0.102. The highest BCUT2D eigenvalue weighted by Gasteiger charge is 2.33. The van der Waals surface area contributed by atoms with Crippen molar-refractivity contribution in [1.29, 1.82) is 0 Å². The van der Waals surface area contributed by atoms with Gasteiger partial charge in [-0.2, -0.15) is 0 Å². The van der Waals surface area contributed by atoms with E-state index < -0.39 is 23.6 Å². The van der Waals surface area contributed by atoms with Gasteiger partial charge in [0.05, 0.1) is 6.10 Å². The maximum Gasteiger partial charge on any atom is 0.254 e.